The maximum Gasteiger partial charge on any atom is 0.390 e. The van der Waals surface area contributed by atoms with E-state index in [0.29, 0.717) is 23.1 Å². The zero-order valence-corrected chi connectivity index (χ0v) is 13.9. The Labute approximate surface area is 133 Å². The van der Waals surface area contributed by atoms with Crippen molar-refractivity contribution in [2.24, 2.45) is 0 Å². The lowest BCUT2D eigenvalue weighted by Gasteiger charge is -2.36. The molecule has 1 aliphatic heterocycles. The molecule has 1 heterocycles. The van der Waals surface area contributed by atoms with Crippen LogP contribution < -0.4 is 5.32 Å². The van der Waals surface area contributed by atoms with Crippen molar-refractivity contribution >= 4 is 31.9 Å². The Balaban J connectivity index is 2.31. The maximum atomic E-state index is 12.9. The Bertz CT molecular complexity index is 459. The van der Waals surface area contributed by atoms with Gasteiger partial charge in [-0.2, -0.15) is 13.2 Å². The number of rotatable bonds is 3. The summed E-state index contributed by atoms with van der Waals surface area (Å²) in [5.74, 6) is 0. The molecule has 1 N–H and O–H groups in total. The summed E-state index contributed by atoms with van der Waals surface area (Å²) < 4.78 is 40.2. The monoisotopic (exact) mass is 414 g/mol. The smallest absolute Gasteiger partial charge is 0.314 e. The highest BCUT2D eigenvalue weighted by Crippen LogP contribution is 2.38. The number of hydrogen-bond acceptors (Lipinski definition) is 2. The first-order chi connectivity index (χ1) is 9.37. The summed E-state index contributed by atoms with van der Waals surface area (Å²) in [6.45, 7) is 2.69. The fourth-order valence-corrected chi connectivity index (χ4v) is 3.31. The molecule has 0 aromatic heterocycles. The third kappa shape index (κ3) is 4.44. The van der Waals surface area contributed by atoms with Gasteiger partial charge in [0.05, 0.1) is 6.42 Å². The second-order valence-electron chi connectivity index (χ2n) is 4.79. The fraction of sp³-hybridized carbons (Fsp3) is 0.538. The predicted molar refractivity (Wildman–Crippen MR) is 79.7 cm³/mol. The van der Waals surface area contributed by atoms with Gasteiger partial charge in [-0.15, -0.1) is 0 Å². The number of nitrogens with zero attached hydrogens (tertiary/aromatic N) is 1. The highest BCUT2D eigenvalue weighted by molar-refractivity contribution is 9.11. The average Bonchev–Trinajstić information content (AvgIpc) is 2.39. The molecule has 2 rings (SSSR count). The van der Waals surface area contributed by atoms with Crippen LogP contribution in [0.15, 0.2) is 27.1 Å². The lowest BCUT2D eigenvalue weighted by atomic mass is 10.0. The minimum absolute atomic E-state index is 0.625. The molecule has 2 nitrogen and oxygen atoms in total. The van der Waals surface area contributed by atoms with E-state index in [0.717, 1.165) is 17.6 Å². The lowest BCUT2D eigenvalue weighted by molar-refractivity contribution is -0.148. The molecule has 0 amide bonds. The third-order valence-electron chi connectivity index (χ3n) is 3.33. The molecule has 0 bridgehead atoms. The van der Waals surface area contributed by atoms with Gasteiger partial charge in [0.1, 0.15) is 0 Å². The Morgan fingerprint density at radius 3 is 2.45 bits per heavy atom. The van der Waals surface area contributed by atoms with E-state index in [-0.39, 0.29) is 0 Å². The summed E-state index contributed by atoms with van der Waals surface area (Å²) in [6, 6.07) is 4.72. The normalized spacial score (nSPS) is 19.1. The van der Waals surface area contributed by atoms with Crippen molar-refractivity contribution in [1.82, 2.24) is 10.2 Å². The first-order valence-electron chi connectivity index (χ1n) is 6.33. The molecular formula is C13H15Br2F3N2. The number of hydrogen-bond donors (Lipinski definition) is 1. The van der Waals surface area contributed by atoms with Crippen molar-refractivity contribution in [3.8, 4) is 0 Å². The second-order valence-corrected chi connectivity index (χ2v) is 6.56. The minimum Gasteiger partial charge on any atom is -0.314 e. The van der Waals surface area contributed by atoms with Gasteiger partial charge in [0, 0.05) is 41.2 Å². The van der Waals surface area contributed by atoms with Crippen LogP contribution in [0.4, 0.5) is 13.2 Å². The number of nitrogens with one attached hydrogen (secondary N) is 1. The summed E-state index contributed by atoms with van der Waals surface area (Å²) in [6.07, 6.45) is -5.01. The molecule has 1 saturated heterocycles. The van der Waals surface area contributed by atoms with Gasteiger partial charge < -0.3 is 5.32 Å². The van der Waals surface area contributed by atoms with Gasteiger partial charge in [-0.3, -0.25) is 4.90 Å². The molecule has 20 heavy (non-hydrogen) atoms. The predicted octanol–water partition coefficient (Wildman–Crippen LogP) is 4.11. The highest BCUT2D eigenvalue weighted by atomic mass is 79.9. The van der Waals surface area contributed by atoms with Crippen molar-refractivity contribution in [2.45, 2.75) is 18.6 Å². The van der Waals surface area contributed by atoms with Gasteiger partial charge >= 0.3 is 6.18 Å². The van der Waals surface area contributed by atoms with E-state index in [1.165, 1.54) is 0 Å². The van der Waals surface area contributed by atoms with Gasteiger partial charge in [-0.1, -0.05) is 31.9 Å². The van der Waals surface area contributed by atoms with E-state index >= 15 is 0 Å². The van der Waals surface area contributed by atoms with Crippen LogP contribution in [0, 0.1) is 0 Å². The number of piperazine rings is 1. The molecule has 0 spiro atoms. The number of benzene rings is 1. The van der Waals surface area contributed by atoms with E-state index in [4.69, 9.17) is 0 Å². The quantitative estimate of drug-likeness (QED) is 0.799. The first kappa shape index (κ1) is 16.3. The minimum atomic E-state index is -4.18. The lowest BCUT2D eigenvalue weighted by Crippen LogP contribution is -2.46. The van der Waals surface area contributed by atoms with Crippen molar-refractivity contribution in [1.29, 1.82) is 0 Å². The molecule has 0 unspecified atom stereocenters. The largest absolute Gasteiger partial charge is 0.390 e. The summed E-state index contributed by atoms with van der Waals surface area (Å²) in [4.78, 5) is 1.90. The molecule has 1 aromatic rings. The molecule has 0 aliphatic carbocycles. The summed E-state index contributed by atoms with van der Waals surface area (Å²) >= 11 is 6.71. The first-order valence-corrected chi connectivity index (χ1v) is 7.92. The van der Waals surface area contributed by atoms with Gasteiger partial charge in [0.2, 0.25) is 0 Å². The second kappa shape index (κ2) is 6.77. The van der Waals surface area contributed by atoms with E-state index in [1.807, 2.05) is 11.0 Å². The zero-order valence-electron chi connectivity index (χ0n) is 10.7. The Hall–Kier alpha value is -0.110. The van der Waals surface area contributed by atoms with E-state index in [1.54, 1.807) is 12.1 Å². The number of halogens is 5. The summed E-state index contributed by atoms with van der Waals surface area (Å²) in [5.41, 5.74) is 0.679. The highest BCUT2D eigenvalue weighted by Gasteiger charge is 2.36. The molecule has 1 fully saturated rings. The maximum absolute atomic E-state index is 12.9. The molecule has 1 aliphatic rings. The zero-order chi connectivity index (χ0) is 14.8. The van der Waals surface area contributed by atoms with Crippen LogP contribution in [0.5, 0.6) is 0 Å². The summed E-state index contributed by atoms with van der Waals surface area (Å²) in [5, 5.41) is 3.17. The van der Waals surface area contributed by atoms with Gasteiger partial charge in [0.15, 0.2) is 0 Å². The van der Waals surface area contributed by atoms with E-state index in [9.17, 15) is 13.2 Å². The van der Waals surface area contributed by atoms with Crippen LogP contribution in [0.3, 0.4) is 0 Å². The van der Waals surface area contributed by atoms with Gasteiger partial charge in [0.25, 0.3) is 0 Å². The van der Waals surface area contributed by atoms with Crippen molar-refractivity contribution in [2.75, 3.05) is 26.2 Å². The van der Waals surface area contributed by atoms with Gasteiger partial charge in [-0.05, 0) is 23.8 Å². The molecule has 1 atom stereocenters. The standard InChI is InChI=1S/C13H15Br2F3N2/c14-9-1-2-11(15)10(7-9)12(8-13(16,17)18)20-5-3-19-4-6-20/h1-2,7,12,19H,3-6,8H2/t12-/m1/s1. The Morgan fingerprint density at radius 2 is 1.85 bits per heavy atom. The van der Waals surface area contributed by atoms with Crippen LogP contribution in [0.25, 0.3) is 0 Å². The van der Waals surface area contributed by atoms with Crippen LogP contribution in [-0.4, -0.2) is 37.3 Å². The average molecular weight is 416 g/mol. The summed E-state index contributed by atoms with van der Waals surface area (Å²) in [7, 11) is 0. The molecule has 0 saturated carbocycles. The van der Waals surface area contributed by atoms with Crippen molar-refractivity contribution < 1.29 is 13.2 Å². The number of alkyl halides is 3. The molecule has 112 valence electrons. The van der Waals surface area contributed by atoms with Crippen LogP contribution in [0.1, 0.15) is 18.0 Å². The topological polar surface area (TPSA) is 15.3 Å². The van der Waals surface area contributed by atoms with Crippen LogP contribution in [0.2, 0.25) is 0 Å². The third-order valence-corrected chi connectivity index (χ3v) is 4.55. The van der Waals surface area contributed by atoms with E-state index < -0.39 is 18.6 Å². The SMILES string of the molecule is FC(F)(F)C[C@H](c1cc(Br)ccc1Br)N1CCNCC1. The van der Waals surface area contributed by atoms with Crippen molar-refractivity contribution in [3.63, 3.8) is 0 Å². The van der Waals surface area contributed by atoms with Crippen LogP contribution in [-0.2, 0) is 0 Å². The van der Waals surface area contributed by atoms with E-state index in [2.05, 4.69) is 37.2 Å². The van der Waals surface area contributed by atoms with Crippen molar-refractivity contribution in [3.05, 3.63) is 32.7 Å². The molecule has 7 heteroatoms. The van der Waals surface area contributed by atoms with Gasteiger partial charge in [-0.25, -0.2) is 0 Å². The molecule has 0 radical (unpaired) electrons. The molecular weight excluding hydrogens is 401 g/mol. The molecule has 1 aromatic carbocycles. The van der Waals surface area contributed by atoms with Crippen LogP contribution >= 0.6 is 31.9 Å². The fourth-order valence-electron chi connectivity index (χ4n) is 2.42. The Morgan fingerprint density at radius 1 is 1.20 bits per heavy atom. The Kier molecular flexibility index (Phi) is 5.50.